The van der Waals surface area contributed by atoms with Crippen LogP contribution in [0.2, 0.25) is 5.02 Å². The number of ether oxygens (including phenoxy) is 2. The number of aryl methyl sites for hydroxylation is 2. The van der Waals surface area contributed by atoms with Crippen molar-refractivity contribution >= 4 is 69.2 Å². The van der Waals surface area contributed by atoms with Crippen LogP contribution in [0.15, 0.2) is 65.6 Å². The Kier molecular flexibility index (Phi) is 9.09. The van der Waals surface area contributed by atoms with Crippen molar-refractivity contribution in [1.29, 1.82) is 0 Å². The second-order valence-corrected chi connectivity index (χ2v) is 10.6. The molecule has 196 valence electrons. The number of halogens is 1. The number of benzene rings is 3. The summed E-state index contributed by atoms with van der Waals surface area (Å²) in [5.41, 5.74) is 4.20. The Bertz CT molecular complexity index is 1410. The van der Waals surface area contributed by atoms with Crippen LogP contribution in [0.4, 0.5) is 11.4 Å². The highest BCUT2D eigenvalue weighted by molar-refractivity contribution is 8.27. The Hall–Kier alpha value is -3.33. The molecule has 1 fully saturated rings. The molecule has 0 saturated carbocycles. The molecule has 0 bridgehead atoms. The summed E-state index contributed by atoms with van der Waals surface area (Å²) in [6.45, 7) is 6.08. The molecule has 3 aromatic carbocycles. The van der Waals surface area contributed by atoms with Crippen molar-refractivity contribution in [1.82, 2.24) is 0 Å². The smallest absolute Gasteiger partial charge is 0.270 e. The van der Waals surface area contributed by atoms with Crippen LogP contribution in [-0.2, 0) is 16.0 Å². The number of thiocarbonyl (C=S) groups is 1. The van der Waals surface area contributed by atoms with E-state index in [0.717, 1.165) is 17.5 Å². The first-order valence-electron chi connectivity index (χ1n) is 12.1. The van der Waals surface area contributed by atoms with Crippen molar-refractivity contribution in [3.05, 3.63) is 87.3 Å². The van der Waals surface area contributed by atoms with Gasteiger partial charge in [-0.3, -0.25) is 14.5 Å². The van der Waals surface area contributed by atoms with E-state index in [-0.39, 0.29) is 18.4 Å². The topological polar surface area (TPSA) is 67.9 Å². The Balaban J connectivity index is 1.46. The van der Waals surface area contributed by atoms with Gasteiger partial charge in [0.1, 0.15) is 0 Å². The highest BCUT2D eigenvalue weighted by atomic mass is 35.5. The molecule has 0 unspecified atom stereocenters. The van der Waals surface area contributed by atoms with E-state index in [4.69, 9.17) is 33.3 Å². The average Bonchev–Trinajstić information content (AvgIpc) is 3.18. The zero-order valence-corrected chi connectivity index (χ0v) is 23.6. The summed E-state index contributed by atoms with van der Waals surface area (Å²) in [5, 5.41) is 3.40. The van der Waals surface area contributed by atoms with Crippen molar-refractivity contribution in [2.24, 2.45) is 0 Å². The third-order valence-corrected chi connectivity index (χ3v) is 7.49. The van der Waals surface area contributed by atoms with E-state index < -0.39 is 0 Å². The van der Waals surface area contributed by atoms with E-state index in [1.165, 1.54) is 22.2 Å². The number of hydrogen-bond acceptors (Lipinski definition) is 6. The van der Waals surface area contributed by atoms with E-state index in [1.807, 2.05) is 50.2 Å². The van der Waals surface area contributed by atoms with Crippen LogP contribution in [0.25, 0.3) is 6.08 Å². The molecule has 38 heavy (non-hydrogen) atoms. The largest absolute Gasteiger partial charge is 0.490 e. The summed E-state index contributed by atoms with van der Waals surface area (Å²) in [7, 11) is 0. The van der Waals surface area contributed by atoms with Gasteiger partial charge in [0.25, 0.3) is 11.8 Å². The minimum atomic E-state index is -0.277. The molecule has 4 rings (SSSR count). The molecule has 1 aliphatic rings. The van der Waals surface area contributed by atoms with Crippen molar-refractivity contribution < 1.29 is 19.1 Å². The second-order valence-electron chi connectivity index (χ2n) is 8.48. The molecule has 1 aliphatic heterocycles. The molecule has 3 aromatic rings. The van der Waals surface area contributed by atoms with Crippen LogP contribution in [0.3, 0.4) is 0 Å². The lowest BCUT2D eigenvalue weighted by Crippen LogP contribution is -2.27. The number of rotatable bonds is 9. The predicted octanol–water partition coefficient (Wildman–Crippen LogP) is 7.03. The molecule has 0 aliphatic carbocycles. The number of carbonyl (C=O) groups is 2. The van der Waals surface area contributed by atoms with Gasteiger partial charge in [-0.2, -0.15) is 0 Å². The van der Waals surface area contributed by atoms with Gasteiger partial charge in [-0.1, -0.05) is 66.8 Å². The predicted molar refractivity (Wildman–Crippen MR) is 159 cm³/mol. The minimum Gasteiger partial charge on any atom is -0.490 e. The van der Waals surface area contributed by atoms with Gasteiger partial charge in [0, 0.05) is 10.7 Å². The molecule has 1 saturated heterocycles. The molecular formula is C29H27ClN2O4S2. The molecule has 1 heterocycles. The maximum atomic E-state index is 13.2. The van der Waals surface area contributed by atoms with Crippen LogP contribution in [0.5, 0.6) is 11.5 Å². The van der Waals surface area contributed by atoms with Gasteiger partial charge >= 0.3 is 0 Å². The molecular weight excluding hydrogens is 540 g/mol. The van der Waals surface area contributed by atoms with Crippen molar-refractivity contribution in [2.75, 3.05) is 23.4 Å². The van der Waals surface area contributed by atoms with Gasteiger partial charge in [-0.25, -0.2) is 0 Å². The molecule has 0 radical (unpaired) electrons. The first kappa shape index (κ1) is 27.7. The van der Waals surface area contributed by atoms with E-state index in [0.29, 0.717) is 43.7 Å². The Labute approximate surface area is 237 Å². The van der Waals surface area contributed by atoms with Crippen molar-refractivity contribution in [3.8, 4) is 11.5 Å². The molecule has 1 N–H and O–H groups in total. The zero-order valence-electron chi connectivity index (χ0n) is 21.2. The molecule has 0 aromatic heterocycles. The second kappa shape index (κ2) is 12.5. The van der Waals surface area contributed by atoms with Gasteiger partial charge in [0.2, 0.25) is 0 Å². The number of nitrogens with zero attached hydrogens (tertiary/aromatic N) is 1. The summed E-state index contributed by atoms with van der Waals surface area (Å²) in [5.74, 6) is 0.409. The van der Waals surface area contributed by atoms with Gasteiger partial charge in [-0.05, 0) is 79.4 Å². The summed E-state index contributed by atoms with van der Waals surface area (Å²) in [6, 6.07) is 18.4. The quantitative estimate of drug-likeness (QED) is 0.221. The first-order chi connectivity index (χ1) is 18.3. The summed E-state index contributed by atoms with van der Waals surface area (Å²) in [4.78, 5) is 27.5. The Morgan fingerprint density at radius 1 is 1.05 bits per heavy atom. The van der Waals surface area contributed by atoms with Crippen molar-refractivity contribution in [2.45, 2.75) is 27.2 Å². The fraction of sp³-hybridized carbons (Fsp3) is 0.207. The van der Waals surface area contributed by atoms with Crippen molar-refractivity contribution in [3.63, 3.8) is 0 Å². The lowest BCUT2D eigenvalue weighted by molar-refractivity contribution is -0.118. The highest BCUT2D eigenvalue weighted by Gasteiger charge is 2.33. The fourth-order valence-electron chi connectivity index (χ4n) is 3.73. The first-order valence-corrected chi connectivity index (χ1v) is 13.7. The third kappa shape index (κ3) is 6.56. The van der Waals surface area contributed by atoms with Crippen LogP contribution in [0.1, 0.15) is 30.5 Å². The van der Waals surface area contributed by atoms with Gasteiger partial charge in [-0.15, -0.1) is 0 Å². The average molecular weight is 567 g/mol. The number of thioether (sulfide) groups is 1. The number of nitrogens with one attached hydrogen (secondary N) is 1. The minimum absolute atomic E-state index is 0.174. The summed E-state index contributed by atoms with van der Waals surface area (Å²) in [6.07, 6.45) is 2.69. The Morgan fingerprint density at radius 3 is 2.50 bits per heavy atom. The number of hydrogen-bond donors (Lipinski definition) is 1. The van der Waals surface area contributed by atoms with Crippen LogP contribution < -0.4 is 19.7 Å². The lowest BCUT2D eigenvalue weighted by atomic mass is 10.1. The Morgan fingerprint density at radius 2 is 1.82 bits per heavy atom. The SMILES string of the molecule is CCOc1cc(/C=C2\SC(=S)N(c3ccc(C)c(Cl)c3)C2=O)ccc1OCC(=O)Nc1ccc(CC)cc1. The van der Waals surface area contributed by atoms with Gasteiger partial charge in [0.15, 0.2) is 22.4 Å². The number of anilines is 2. The van der Waals surface area contributed by atoms with E-state index in [1.54, 1.807) is 30.3 Å². The normalized spacial score (nSPS) is 14.2. The maximum absolute atomic E-state index is 13.2. The monoisotopic (exact) mass is 566 g/mol. The van der Waals surface area contributed by atoms with Crippen LogP contribution in [-0.4, -0.2) is 29.3 Å². The third-order valence-electron chi connectivity index (χ3n) is 5.78. The molecule has 6 nitrogen and oxygen atoms in total. The van der Waals surface area contributed by atoms with E-state index >= 15 is 0 Å². The molecule has 9 heteroatoms. The highest BCUT2D eigenvalue weighted by Crippen LogP contribution is 2.38. The fourth-order valence-corrected chi connectivity index (χ4v) is 5.20. The number of amides is 2. The van der Waals surface area contributed by atoms with Gasteiger partial charge in [0.05, 0.1) is 17.2 Å². The molecule has 0 atom stereocenters. The van der Waals surface area contributed by atoms with Crippen LogP contribution in [0, 0.1) is 6.92 Å². The lowest BCUT2D eigenvalue weighted by Gasteiger charge is -2.15. The summed E-state index contributed by atoms with van der Waals surface area (Å²) < 4.78 is 11.9. The maximum Gasteiger partial charge on any atom is 0.270 e. The molecule has 0 spiro atoms. The summed E-state index contributed by atoms with van der Waals surface area (Å²) >= 11 is 13.0. The standard InChI is InChI=1S/C29H27ClN2O4S2/c1-4-19-7-10-21(11-8-19)31-27(33)17-36-24-13-9-20(14-25(24)35-5-2)15-26-28(34)32(29(37)38-26)22-12-6-18(3)23(30)16-22/h6-16H,4-5,17H2,1-3H3,(H,31,33)/b26-15-. The van der Waals surface area contributed by atoms with Crippen LogP contribution >= 0.6 is 35.6 Å². The molecule has 2 amide bonds. The van der Waals surface area contributed by atoms with Gasteiger partial charge < -0.3 is 14.8 Å². The zero-order chi connectivity index (χ0) is 27.2. The van der Waals surface area contributed by atoms with E-state index in [2.05, 4.69) is 12.2 Å². The van der Waals surface area contributed by atoms with E-state index in [9.17, 15) is 9.59 Å². The number of carbonyl (C=O) groups excluding carboxylic acids is 2.